The van der Waals surface area contributed by atoms with Gasteiger partial charge in [-0.2, -0.15) is 0 Å². The minimum Gasteiger partial charge on any atom is -0.381 e. The third-order valence-electron chi connectivity index (χ3n) is 3.34. The van der Waals surface area contributed by atoms with Crippen molar-refractivity contribution >= 4 is 5.91 Å². The lowest BCUT2D eigenvalue weighted by atomic mass is 9.85. The van der Waals surface area contributed by atoms with Crippen LogP contribution < -0.4 is 5.32 Å². The zero-order valence-corrected chi connectivity index (χ0v) is 9.14. The van der Waals surface area contributed by atoms with Crippen molar-refractivity contribution in [3.8, 4) is 11.8 Å². The normalized spacial score (nSPS) is 23.8. The molecule has 0 aromatic carbocycles. The quantitative estimate of drug-likeness (QED) is 0.688. The summed E-state index contributed by atoms with van der Waals surface area (Å²) in [5.41, 5.74) is -0.0147. The molecule has 1 amide bonds. The molecule has 0 bridgehead atoms. The molecular weight excluding hydrogens is 190 g/mol. The highest BCUT2D eigenvalue weighted by Gasteiger charge is 2.46. The van der Waals surface area contributed by atoms with E-state index in [4.69, 9.17) is 4.74 Å². The van der Waals surface area contributed by atoms with Gasteiger partial charge in [0.2, 0.25) is 0 Å². The lowest BCUT2D eigenvalue weighted by molar-refractivity contribution is -0.119. The molecule has 1 N–H and O–H groups in total. The number of ether oxygens (including phenoxy) is 1. The van der Waals surface area contributed by atoms with E-state index < -0.39 is 0 Å². The van der Waals surface area contributed by atoms with Crippen LogP contribution in [0.1, 0.15) is 32.6 Å². The van der Waals surface area contributed by atoms with Crippen molar-refractivity contribution in [1.29, 1.82) is 0 Å². The van der Waals surface area contributed by atoms with Crippen LogP contribution in [-0.4, -0.2) is 24.7 Å². The molecule has 2 aliphatic rings. The Morgan fingerprint density at radius 2 is 2.07 bits per heavy atom. The minimum absolute atomic E-state index is 0.0147. The van der Waals surface area contributed by atoms with Crippen molar-refractivity contribution in [2.45, 2.75) is 38.1 Å². The number of hydrogen-bond donors (Lipinski definition) is 1. The summed E-state index contributed by atoms with van der Waals surface area (Å²) in [6.45, 7) is 3.21. The van der Waals surface area contributed by atoms with Crippen LogP contribution in [0.25, 0.3) is 0 Å². The first-order valence-electron chi connectivity index (χ1n) is 5.59. The molecule has 1 saturated carbocycles. The molecule has 2 rings (SSSR count). The van der Waals surface area contributed by atoms with Crippen LogP contribution in [0.4, 0.5) is 0 Å². The van der Waals surface area contributed by atoms with Gasteiger partial charge in [-0.3, -0.25) is 4.79 Å². The van der Waals surface area contributed by atoms with Gasteiger partial charge < -0.3 is 10.1 Å². The molecule has 3 nitrogen and oxygen atoms in total. The summed E-state index contributed by atoms with van der Waals surface area (Å²) in [4.78, 5) is 11.5. The molecule has 1 heterocycles. The Morgan fingerprint density at radius 1 is 1.40 bits per heavy atom. The molecule has 0 unspecified atom stereocenters. The first kappa shape index (κ1) is 10.5. The van der Waals surface area contributed by atoms with E-state index in [0.717, 1.165) is 26.1 Å². The SMILES string of the molecule is CC#CC(=O)NC1(C2CC2)CCOCC1. The fraction of sp³-hybridized carbons (Fsp3) is 0.750. The molecule has 1 aliphatic carbocycles. The molecule has 82 valence electrons. The fourth-order valence-corrected chi connectivity index (χ4v) is 2.38. The van der Waals surface area contributed by atoms with Gasteiger partial charge in [0.1, 0.15) is 0 Å². The minimum atomic E-state index is -0.133. The van der Waals surface area contributed by atoms with Gasteiger partial charge in [-0.25, -0.2) is 0 Å². The Kier molecular flexibility index (Phi) is 2.97. The zero-order valence-electron chi connectivity index (χ0n) is 9.14. The first-order chi connectivity index (χ1) is 7.27. The second-order valence-electron chi connectivity index (χ2n) is 4.37. The third kappa shape index (κ3) is 2.32. The highest BCUT2D eigenvalue weighted by molar-refractivity contribution is 5.94. The summed E-state index contributed by atoms with van der Waals surface area (Å²) in [7, 11) is 0. The van der Waals surface area contributed by atoms with Gasteiger partial charge in [0.25, 0.3) is 5.91 Å². The highest BCUT2D eigenvalue weighted by atomic mass is 16.5. The van der Waals surface area contributed by atoms with Crippen molar-refractivity contribution < 1.29 is 9.53 Å². The van der Waals surface area contributed by atoms with E-state index in [1.54, 1.807) is 6.92 Å². The van der Waals surface area contributed by atoms with E-state index in [-0.39, 0.29) is 11.4 Å². The van der Waals surface area contributed by atoms with Crippen molar-refractivity contribution in [2.75, 3.05) is 13.2 Å². The van der Waals surface area contributed by atoms with Crippen molar-refractivity contribution in [3.63, 3.8) is 0 Å². The molecule has 1 aliphatic heterocycles. The van der Waals surface area contributed by atoms with Gasteiger partial charge in [-0.05, 0) is 44.4 Å². The van der Waals surface area contributed by atoms with E-state index in [9.17, 15) is 4.79 Å². The van der Waals surface area contributed by atoms with Crippen molar-refractivity contribution in [2.24, 2.45) is 5.92 Å². The second-order valence-corrected chi connectivity index (χ2v) is 4.37. The Bertz CT molecular complexity index is 303. The molecule has 0 atom stereocenters. The summed E-state index contributed by atoms with van der Waals surface area (Å²) >= 11 is 0. The Hall–Kier alpha value is -1.01. The maximum atomic E-state index is 11.5. The van der Waals surface area contributed by atoms with Crippen LogP contribution in [0.2, 0.25) is 0 Å². The smallest absolute Gasteiger partial charge is 0.296 e. The third-order valence-corrected chi connectivity index (χ3v) is 3.34. The second kappa shape index (κ2) is 4.24. The van der Waals surface area contributed by atoms with E-state index in [0.29, 0.717) is 5.92 Å². The van der Waals surface area contributed by atoms with Gasteiger partial charge in [0.05, 0.1) is 0 Å². The maximum Gasteiger partial charge on any atom is 0.296 e. The lowest BCUT2D eigenvalue weighted by Crippen LogP contribution is -2.53. The van der Waals surface area contributed by atoms with Crippen LogP contribution in [0.5, 0.6) is 0 Å². The number of rotatable bonds is 2. The largest absolute Gasteiger partial charge is 0.381 e. The topological polar surface area (TPSA) is 38.3 Å². The van der Waals surface area contributed by atoms with Crippen LogP contribution in [0, 0.1) is 17.8 Å². The fourth-order valence-electron chi connectivity index (χ4n) is 2.38. The predicted octanol–water partition coefficient (Wildman–Crippen LogP) is 1.09. The standard InChI is InChI=1S/C12H17NO2/c1-2-3-11(14)13-12(10-4-5-10)6-8-15-9-7-12/h10H,4-9H2,1H3,(H,13,14). The summed E-state index contributed by atoms with van der Waals surface area (Å²) in [5, 5.41) is 3.10. The van der Waals surface area contributed by atoms with E-state index in [1.165, 1.54) is 12.8 Å². The molecular formula is C12H17NO2. The van der Waals surface area contributed by atoms with Gasteiger partial charge in [0.15, 0.2) is 0 Å². The predicted molar refractivity (Wildman–Crippen MR) is 57.1 cm³/mol. The molecule has 0 aromatic rings. The molecule has 0 radical (unpaired) electrons. The Balaban J connectivity index is 2.03. The van der Waals surface area contributed by atoms with E-state index >= 15 is 0 Å². The van der Waals surface area contributed by atoms with Crippen LogP contribution in [0.15, 0.2) is 0 Å². The molecule has 0 aromatic heterocycles. The Morgan fingerprint density at radius 3 is 2.60 bits per heavy atom. The Labute approximate surface area is 90.6 Å². The lowest BCUT2D eigenvalue weighted by Gasteiger charge is -2.37. The van der Waals surface area contributed by atoms with Crippen LogP contribution in [-0.2, 0) is 9.53 Å². The van der Waals surface area contributed by atoms with Crippen LogP contribution in [0.3, 0.4) is 0 Å². The average Bonchev–Trinajstić information content (AvgIpc) is 3.02. The maximum absolute atomic E-state index is 11.5. The zero-order chi connectivity index (χ0) is 10.7. The number of carbonyl (C=O) groups excluding carboxylic acids is 1. The summed E-state index contributed by atoms with van der Waals surface area (Å²) in [5.74, 6) is 5.72. The molecule has 1 saturated heterocycles. The van der Waals surface area contributed by atoms with Crippen molar-refractivity contribution in [3.05, 3.63) is 0 Å². The van der Waals surface area contributed by atoms with Gasteiger partial charge in [-0.15, -0.1) is 0 Å². The molecule has 15 heavy (non-hydrogen) atoms. The molecule has 0 spiro atoms. The molecule has 2 fully saturated rings. The molecule has 3 heteroatoms. The summed E-state index contributed by atoms with van der Waals surface area (Å²) < 4.78 is 5.36. The summed E-state index contributed by atoms with van der Waals surface area (Å²) in [6.07, 6.45) is 4.35. The number of amides is 1. The van der Waals surface area contributed by atoms with E-state index in [1.807, 2.05) is 0 Å². The first-order valence-corrected chi connectivity index (χ1v) is 5.59. The average molecular weight is 207 g/mol. The monoisotopic (exact) mass is 207 g/mol. The number of hydrogen-bond acceptors (Lipinski definition) is 2. The van der Waals surface area contributed by atoms with Crippen molar-refractivity contribution in [1.82, 2.24) is 5.32 Å². The van der Waals surface area contributed by atoms with Crippen LogP contribution >= 0.6 is 0 Å². The summed E-state index contributed by atoms with van der Waals surface area (Å²) in [6, 6.07) is 0. The van der Waals surface area contributed by atoms with Gasteiger partial charge in [0, 0.05) is 18.8 Å². The number of nitrogens with one attached hydrogen (secondary N) is 1. The number of carbonyl (C=O) groups is 1. The van der Waals surface area contributed by atoms with Gasteiger partial charge >= 0.3 is 0 Å². The van der Waals surface area contributed by atoms with Gasteiger partial charge in [-0.1, -0.05) is 5.92 Å². The van der Waals surface area contributed by atoms with E-state index in [2.05, 4.69) is 17.2 Å². The highest BCUT2D eigenvalue weighted by Crippen LogP contribution is 2.44.